The quantitative estimate of drug-likeness (QED) is 0.250. The molecule has 0 bridgehead atoms. The molecule has 1 N–H and O–H groups in total. The Kier molecular flexibility index (Phi) is 9.20. The number of non-ortho nitro benzene ring substituents is 1. The molecule has 1 saturated heterocycles. The second-order valence-electron chi connectivity index (χ2n) is 10.7. The van der Waals surface area contributed by atoms with Gasteiger partial charge in [0.1, 0.15) is 0 Å². The van der Waals surface area contributed by atoms with Crippen LogP contribution in [0.15, 0.2) is 77.4 Å². The van der Waals surface area contributed by atoms with Crippen molar-refractivity contribution in [1.82, 2.24) is 20.0 Å². The van der Waals surface area contributed by atoms with Crippen molar-refractivity contribution in [2.75, 3.05) is 33.2 Å². The monoisotopic (exact) mass is 556 g/mol. The van der Waals surface area contributed by atoms with Crippen LogP contribution in [0.3, 0.4) is 0 Å². The lowest BCUT2D eigenvalue weighted by atomic mass is 9.74. The van der Waals surface area contributed by atoms with Gasteiger partial charge in [-0.15, -0.1) is 0 Å². The summed E-state index contributed by atoms with van der Waals surface area (Å²) in [4.78, 5) is 40.6. The van der Waals surface area contributed by atoms with Crippen molar-refractivity contribution in [3.8, 4) is 6.07 Å². The Bertz CT molecular complexity index is 1370. The Hall–Kier alpha value is -4.49. The van der Waals surface area contributed by atoms with E-state index >= 15 is 0 Å². The maximum absolute atomic E-state index is 12.5. The molecule has 41 heavy (non-hydrogen) atoms. The number of rotatable bonds is 11. The molecular formula is C31H36N6O4. The first-order chi connectivity index (χ1) is 19.7. The lowest BCUT2D eigenvalue weighted by Crippen LogP contribution is -2.43. The van der Waals surface area contributed by atoms with Gasteiger partial charge in [0.2, 0.25) is 12.8 Å². The number of nitro benzene ring substituents is 1. The molecule has 2 amide bonds. The number of nitrogens with zero attached hydrogens (tertiary/aromatic N) is 5. The fourth-order valence-electron chi connectivity index (χ4n) is 6.06. The number of likely N-dealkylation sites (N-methyl/N-ethyl adjacent to an activating group) is 1. The van der Waals surface area contributed by atoms with E-state index in [1.165, 1.54) is 17.0 Å². The van der Waals surface area contributed by atoms with Crippen molar-refractivity contribution < 1.29 is 14.5 Å². The summed E-state index contributed by atoms with van der Waals surface area (Å²) in [7, 11) is 1.66. The minimum absolute atomic E-state index is 0.0302. The predicted octanol–water partition coefficient (Wildman–Crippen LogP) is 4.24. The normalized spacial score (nSPS) is 18.7. The second-order valence-corrected chi connectivity index (χ2v) is 10.7. The van der Waals surface area contributed by atoms with Crippen molar-refractivity contribution in [3.05, 3.63) is 98.6 Å². The molecule has 2 aliphatic heterocycles. The minimum Gasteiger partial charge on any atom is -0.360 e. The van der Waals surface area contributed by atoms with E-state index in [2.05, 4.69) is 16.3 Å². The number of nitro groups is 1. The number of allylic oxidation sites excluding steroid dienone is 2. The first kappa shape index (κ1) is 29.5. The van der Waals surface area contributed by atoms with Crippen LogP contribution in [0.5, 0.6) is 0 Å². The molecule has 2 aromatic rings. The maximum Gasteiger partial charge on any atom is 0.269 e. The molecule has 4 rings (SSSR count). The first-order valence-electron chi connectivity index (χ1n) is 13.8. The SMILES string of the molecule is CC1=C(N(C)C=O)C(c2ccc([N+](=O)[O-])cc2)C(N(C=O)CCCN2CCC(C#N)(c3ccccc3)CC2)=C(C)N1. The molecule has 0 spiro atoms. The third kappa shape index (κ3) is 6.15. The number of hydrogen-bond acceptors (Lipinski definition) is 7. The first-order valence-corrected chi connectivity index (χ1v) is 13.8. The van der Waals surface area contributed by atoms with Gasteiger partial charge in [0.05, 0.1) is 33.7 Å². The van der Waals surface area contributed by atoms with Crippen molar-refractivity contribution in [2.45, 2.75) is 44.4 Å². The number of hydrogen-bond donors (Lipinski definition) is 1. The third-order valence-corrected chi connectivity index (χ3v) is 8.23. The smallest absolute Gasteiger partial charge is 0.269 e. The Labute approximate surface area is 240 Å². The molecule has 1 atom stereocenters. The summed E-state index contributed by atoms with van der Waals surface area (Å²) in [5.41, 5.74) is 4.23. The number of piperidine rings is 1. The van der Waals surface area contributed by atoms with Crippen molar-refractivity contribution in [3.63, 3.8) is 0 Å². The summed E-state index contributed by atoms with van der Waals surface area (Å²) in [6, 6.07) is 18.8. The molecule has 2 aromatic carbocycles. The van der Waals surface area contributed by atoms with Gasteiger partial charge in [-0.3, -0.25) is 19.7 Å². The molecular weight excluding hydrogens is 520 g/mol. The highest BCUT2D eigenvalue weighted by Gasteiger charge is 2.37. The molecule has 10 nitrogen and oxygen atoms in total. The Balaban J connectivity index is 1.50. The van der Waals surface area contributed by atoms with E-state index in [9.17, 15) is 25.0 Å². The van der Waals surface area contributed by atoms with Crippen LogP contribution >= 0.6 is 0 Å². The van der Waals surface area contributed by atoms with Gasteiger partial charge in [0.25, 0.3) is 5.69 Å². The average Bonchev–Trinajstić information content (AvgIpc) is 3.00. The van der Waals surface area contributed by atoms with E-state index in [1.54, 1.807) is 24.1 Å². The van der Waals surface area contributed by atoms with Gasteiger partial charge in [-0.2, -0.15) is 5.26 Å². The number of nitrogens with one attached hydrogen (secondary N) is 1. The summed E-state index contributed by atoms with van der Waals surface area (Å²) < 4.78 is 0. The Morgan fingerprint density at radius 1 is 1.05 bits per heavy atom. The van der Waals surface area contributed by atoms with E-state index < -0.39 is 16.3 Å². The minimum atomic E-state index is -0.477. The van der Waals surface area contributed by atoms with Gasteiger partial charge in [-0.25, -0.2) is 0 Å². The number of dihydropyridines is 1. The molecule has 0 aliphatic carbocycles. The highest BCUT2D eigenvalue weighted by atomic mass is 16.6. The number of carbonyl (C=O) groups is 2. The summed E-state index contributed by atoms with van der Waals surface area (Å²) in [6.07, 6.45) is 3.76. The van der Waals surface area contributed by atoms with E-state index in [0.29, 0.717) is 17.9 Å². The standard InChI is InChI=1S/C31H36N6O4/c1-23-29(34(3)21-38)28(25-10-12-27(13-11-25)37(40)41)30(24(2)33-23)36(22-39)17-7-16-35-18-14-31(20-32,15-19-35)26-8-5-4-6-9-26/h4-6,8-13,21-22,28,33H,7,14-19H2,1-3H3. The van der Waals surface area contributed by atoms with Crippen molar-refractivity contribution in [2.24, 2.45) is 0 Å². The predicted molar refractivity (Wildman–Crippen MR) is 155 cm³/mol. The highest BCUT2D eigenvalue weighted by molar-refractivity contribution is 5.60. The molecule has 0 radical (unpaired) electrons. The molecule has 2 aliphatic rings. The molecule has 0 saturated carbocycles. The summed E-state index contributed by atoms with van der Waals surface area (Å²) >= 11 is 0. The number of amides is 2. The van der Waals surface area contributed by atoms with Gasteiger partial charge in [0, 0.05) is 37.1 Å². The molecule has 2 heterocycles. The van der Waals surface area contributed by atoms with Crippen LogP contribution in [-0.4, -0.2) is 65.7 Å². The van der Waals surface area contributed by atoms with E-state index in [-0.39, 0.29) is 5.69 Å². The van der Waals surface area contributed by atoms with E-state index in [0.717, 1.165) is 74.2 Å². The summed E-state index contributed by atoms with van der Waals surface area (Å²) in [5.74, 6) is -0.477. The van der Waals surface area contributed by atoms with Gasteiger partial charge in [-0.1, -0.05) is 42.5 Å². The van der Waals surface area contributed by atoms with Gasteiger partial charge in [0.15, 0.2) is 0 Å². The highest BCUT2D eigenvalue weighted by Crippen LogP contribution is 2.41. The molecule has 10 heteroatoms. The number of benzene rings is 2. The molecule has 0 aromatic heterocycles. The molecule has 1 fully saturated rings. The zero-order valence-electron chi connectivity index (χ0n) is 23.7. The average molecular weight is 557 g/mol. The zero-order chi connectivity index (χ0) is 29.6. The molecule has 1 unspecified atom stereocenters. The van der Waals surface area contributed by atoms with Crippen molar-refractivity contribution in [1.29, 1.82) is 5.26 Å². The fourth-order valence-corrected chi connectivity index (χ4v) is 6.06. The van der Waals surface area contributed by atoms with Gasteiger partial charge in [-0.05, 0) is 63.9 Å². The number of carbonyl (C=O) groups excluding carboxylic acids is 2. The largest absolute Gasteiger partial charge is 0.360 e. The van der Waals surface area contributed by atoms with Crippen LogP contribution < -0.4 is 5.32 Å². The van der Waals surface area contributed by atoms with Crippen LogP contribution in [0.25, 0.3) is 0 Å². The van der Waals surface area contributed by atoms with Crippen LogP contribution in [0.1, 0.15) is 50.2 Å². The fraction of sp³-hybridized carbons (Fsp3) is 0.387. The van der Waals surface area contributed by atoms with Crippen LogP contribution in [0, 0.1) is 21.4 Å². The lowest BCUT2D eigenvalue weighted by Gasteiger charge is -2.39. The summed E-state index contributed by atoms with van der Waals surface area (Å²) in [5, 5.41) is 24.6. The zero-order valence-corrected chi connectivity index (χ0v) is 23.7. The van der Waals surface area contributed by atoms with E-state index in [4.69, 9.17) is 0 Å². The van der Waals surface area contributed by atoms with E-state index in [1.807, 2.05) is 44.2 Å². The Morgan fingerprint density at radius 2 is 1.68 bits per heavy atom. The van der Waals surface area contributed by atoms with Crippen molar-refractivity contribution >= 4 is 18.5 Å². The lowest BCUT2D eigenvalue weighted by molar-refractivity contribution is -0.384. The summed E-state index contributed by atoms with van der Waals surface area (Å²) in [6.45, 7) is 6.59. The third-order valence-electron chi connectivity index (χ3n) is 8.23. The van der Waals surface area contributed by atoms with Crippen LogP contribution in [-0.2, 0) is 15.0 Å². The second kappa shape index (κ2) is 12.8. The van der Waals surface area contributed by atoms with Crippen LogP contribution in [0.4, 0.5) is 5.69 Å². The topological polar surface area (TPSA) is 123 Å². The van der Waals surface area contributed by atoms with Crippen LogP contribution in [0.2, 0.25) is 0 Å². The van der Waals surface area contributed by atoms with Gasteiger partial charge < -0.3 is 20.0 Å². The number of nitriles is 1. The maximum atomic E-state index is 12.5. The number of likely N-dealkylation sites (tertiary alicyclic amines) is 1. The molecule has 214 valence electrons. The van der Waals surface area contributed by atoms with Gasteiger partial charge >= 0.3 is 0 Å². The Morgan fingerprint density at radius 3 is 2.24 bits per heavy atom.